The lowest BCUT2D eigenvalue weighted by Gasteiger charge is -2.74. The molecule has 7 N–H and O–H groups in total. The fourth-order valence-electron chi connectivity index (χ4n) is 13.4. The number of hydrogen-bond donors (Lipinski definition) is 7. The van der Waals surface area contributed by atoms with Gasteiger partial charge in [-0.15, -0.1) is 0 Å². The molecule has 1 heterocycles. The van der Waals surface area contributed by atoms with Gasteiger partial charge in [-0.1, -0.05) is 34.6 Å². The lowest BCUT2D eigenvalue weighted by molar-refractivity contribution is -0.347. The van der Waals surface area contributed by atoms with Crippen LogP contribution >= 0.6 is 0 Å². The number of ether oxygens (including phenoxy) is 2. The van der Waals surface area contributed by atoms with E-state index < -0.39 is 60.5 Å². The Bertz CT molecular complexity index is 1110. The summed E-state index contributed by atoms with van der Waals surface area (Å²) in [4.78, 5) is 0. The average molecular weight is 639 g/mol. The molecular formula is C36H62O9. The molecule has 9 nitrogen and oxygen atoms in total. The van der Waals surface area contributed by atoms with Gasteiger partial charge < -0.3 is 45.2 Å². The summed E-state index contributed by atoms with van der Waals surface area (Å²) in [5.41, 5.74) is -1.95. The Balaban J connectivity index is 1.43. The zero-order valence-electron chi connectivity index (χ0n) is 28.7. The van der Waals surface area contributed by atoms with Crippen LogP contribution < -0.4 is 0 Å². The fraction of sp³-hybridized carbons (Fsp3) is 1.00. The minimum atomic E-state index is -1.52. The van der Waals surface area contributed by atoms with Gasteiger partial charge in [-0.05, 0) is 128 Å². The molecule has 6 aliphatic rings. The smallest absolute Gasteiger partial charge is 0.186 e. The Hall–Kier alpha value is -0.360. The monoisotopic (exact) mass is 638 g/mol. The molecule has 0 amide bonds. The first-order valence-corrected chi connectivity index (χ1v) is 17.8. The Morgan fingerprint density at radius 2 is 1.49 bits per heavy atom. The normalized spacial score (nSPS) is 56.1. The van der Waals surface area contributed by atoms with Crippen LogP contribution in [-0.2, 0) is 9.47 Å². The van der Waals surface area contributed by atoms with Crippen molar-refractivity contribution in [3.05, 3.63) is 0 Å². The quantitative estimate of drug-likeness (QED) is 0.225. The van der Waals surface area contributed by atoms with Gasteiger partial charge in [-0.25, -0.2) is 0 Å². The molecule has 1 aliphatic heterocycles. The first kappa shape index (κ1) is 34.5. The molecule has 9 heteroatoms. The van der Waals surface area contributed by atoms with E-state index in [4.69, 9.17) is 9.47 Å². The lowest BCUT2D eigenvalue weighted by atomic mass is 9.31. The van der Waals surface area contributed by atoms with Crippen LogP contribution in [0.3, 0.4) is 0 Å². The maximum Gasteiger partial charge on any atom is 0.186 e. The summed E-state index contributed by atoms with van der Waals surface area (Å²) in [6.07, 6.45) is 0.431. The highest BCUT2D eigenvalue weighted by Gasteiger charge is 2.73. The van der Waals surface area contributed by atoms with Crippen molar-refractivity contribution in [3.63, 3.8) is 0 Å². The Morgan fingerprint density at radius 3 is 2.11 bits per heavy atom. The third-order valence-corrected chi connectivity index (χ3v) is 15.8. The van der Waals surface area contributed by atoms with Crippen LogP contribution in [0.25, 0.3) is 0 Å². The molecule has 260 valence electrons. The zero-order chi connectivity index (χ0) is 33.1. The maximum atomic E-state index is 11.4. The molecule has 5 saturated carbocycles. The minimum absolute atomic E-state index is 0.0601. The summed E-state index contributed by atoms with van der Waals surface area (Å²) in [7, 11) is 0. The van der Waals surface area contributed by atoms with Crippen molar-refractivity contribution in [1.82, 2.24) is 0 Å². The summed E-state index contributed by atoms with van der Waals surface area (Å²) in [5.74, 6) is 0.968. The van der Waals surface area contributed by atoms with Gasteiger partial charge in [0.1, 0.15) is 24.4 Å². The van der Waals surface area contributed by atoms with Crippen molar-refractivity contribution in [1.29, 1.82) is 0 Å². The van der Waals surface area contributed by atoms with Gasteiger partial charge in [0.05, 0.1) is 24.4 Å². The molecular weight excluding hydrogens is 576 g/mol. The average Bonchev–Trinajstić information content (AvgIpc) is 3.37. The molecule has 0 aromatic heterocycles. The molecule has 0 unspecified atom stereocenters. The zero-order valence-corrected chi connectivity index (χ0v) is 28.7. The third kappa shape index (κ3) is 4.72. The van der Waals surface area contributed by atoms with E-state index in [9.17, 15) is 35.7 Å². The highest BCUT2D eigenvalue weighted by Crippen LogP contribution is 2.78. The SMILES string of the molecule is CC(C)(O)[C@@H]1CC[C@]2(CO)CC[C@]3(C)[C@@H](CC[C@H]4[C@@]5(C)CC[C@H](O)C(C)(C)[C@@H]5[C@@H](O[C@H]5O[C@@H](CO)[C@H](O)[C@@H](O)[C@@H]5O)C[C@]43C)[C@@H]12. The van der Waals surface area contributed by atoms with Crippen molar-refractivity contribution in [2.75, 3.05) is 13.2 Å². The molecule has 0 spiro atoms. The van der Waals surface area contributed by atoms with E-state index in [1.165, 1.54) is 0 Å². The molecule has 1 saturated heterocycles. The summed E-state index contributed by atoms with van der Waals surface area (Å²) in [6, 6.07) is 0. The second-order valence-electron chi connectivity index (χ2n) is 18.4. The predicted octanol–water partition coefficient (Wildman–Crippen LogP) is 2.99. The summed E-state index contributed by atoms with van der Waals surface area (Å²) < 4.78 is 12.7. The van der Waals surface area contributed by atoms with E-state index in [1.807, 2.05) is 13.8 Å². The number of aliphatic hydroxyl groups excluding tert-OH is 6. The van der Waals surface area contributed by atoms with Crippen molar-refractivity contribution < 1.29 is 45.2 Å². The molecule has 0 bridgehead atoms. The van der Waals surface area contributed by atoms with Crippen LogP contribution in [0.1, 0.15) is 106 Å². The standard InChI is InChI=1S/C36H62O9/c1-31(2)24(39)11-12-33(5)23-9-8-20-25-19(32(3,4)43)10-13-36(25,18-38)15-14-34(20,6)35(23,7)16-21(29(31)33)44-30-28(42)27(41)26(40)22(17-37)45-30/h19-30,37-43H,8-18H2,1-7H3/t19-,20+,21+,22+,23+,24+,25-,26+,27-,28+,29+,30+,33-,34-,35-,36-/m1/s1. The van der Waals surface area contributed by atoms with Gasteiger partial charge in [0.15, 0.2) is 6.29 Å². The van der Waals surface area contributed by atoms with E-state index in [-0.39, 0.29) is 46.0 Å². The van der Waals surface area contributed by atoms with Crippen LogP contribution in [0, 0.1) is 56.7 Å². The second-order valence-corrected chi connectivity index (χ2v) is 18.4. The van der Waals surface area contributed by atoms with E-state index in [0.717, 1.165) is 44.9 Å². The van der Waals surface area contributed by atoms with E-state index in [1.54, 1.807) is 0 Å². The van der Waals surface area contributed by atoms with Crippen molar-refractivity contribution in [2.24, 2.45) is 56.7 Å². The Kier molecular flexibility index (Phi) is 8.49. The van der Waals surface area contributed by atoms with Crippen molar-refractivity contribution in [2.45, 2.75) is 155 Å². The summed E-state index contributed by atoms with van der Waals surface area (Å²) in [5, 5.41) is 75.8. The van der Waals surface area contributed by atoms with E-state index in [0.29, 0.717) is 24.7 Å². The van der Waals surface area contributed by atoms with Crippen LogP contribution in [0.2, 0.25) is 0 Å². The van der Waals surface area contributed by atoms with E-state index >= 15 is 0 Å². The van der Waals surface area contributed by atoms with Gasteiger partial charge in [0, 0.05) is 6.61 Å². The third-order valence-electron chi connectivity index (χ3n) is 15.8. The molecule has 45 heavy (non-hydrogen) atoms. The Labute approximate surface area is 269 Å². The van der Waals surface area contributed by atoms with E-state index in [2.05, 4.69) is 34.6 Å². The molecule has 6 rings (SSSR count). The maximum absolute atomic E-state index is 11.4. The van der Waals surface area contributed by atoms with Crippen LogP contribution in [0.5, 0.6) is 0 Å². The summed E-state index contributed by atoms with van der Waals surface area (Å²) >= 11 is 0. The predicted molar refractivity (Wildman–Crippen MR) is 168 cm³/mol. The van der Waals surface area contributed by atoms with Gasteiger partial charge in [0.2, 0.25) is 0 Å². The van der Waals surface area contributed by atoms with Crippen molar-refractivity contribution >= 4 is 0 Å². The number of hydrogen-bond acceptors (Lipinski definition) is 9. The molecule has 16 atom stereocenters. The molecule has 0 aromatic rings. The highest BCUT2D eigenvalue weighted by molar-refractivity contribution is 5.21. The topological polar surface area (TPSA) is 160 Å². The first-order valence-electron chi connectivity index (χ1n) is 17.8. The van der Waals surface area contributed by atoms with Gasteiger partial charge in [-0.3, -0.25) is 0 Å². The van der Waals surface area contributed by atoms with Crippen molar-refractivity contribution in [3.8, 4) is 0 Å². The first-order chi connectivity index (χ1) is 20.8. The molecule has 6 fully saturated rings. The summed E-state index contributed by atoms with van der Waals surface area (Å²) in [6.45, 7) is 15.1. The highest BCUT2D eigenvalue weighted by atomic mass is 16.7. The van der Waals surface area contributed by atoms with Crippen LogP contribution in [0.4, 0.5) is 0 Å². The molecule has 5 aliphatic carbocycles. The number of rotatable bonds is 5. The van der Waals surface area contributed by atoms with Gasteiger partial charge >= 0.3 is 0 Å². The van der Waals surface area contributed by atoms with Gasteiger partial charge in [0.25, 0.3) is 0 Å². The number of fused-ring (bicyclic) bond motifs is 7. The fourth-order valence-corrected chi connectivity index (χ4v) is 13.4. The van der Waals surface area contributed by atoms with Gasteiger partial charge in [-0.2, -0.15) is 0 Å². The largest absolute Gasteiger partial charge is 0.396 e. The minimum Gasteiger partial charge on any atom is -0.396 e. The lowest BCUT2D eigenvalue weighted by Crippen LogP contribution is -2.71. The molecule has 0 radical (unpaired) electrons. The Morgan fingerprint density at radius 1 is 0.800 bits per heavy atom. The van der Waals surface area contributed by atoms with Crippen LogP contribution in [-0.4, -0.2) is 97.5 Å². The second kappa shape index (κ2) is 11.1. The van der Waals surface area contributed by atoms with Crippen LogP contribution in [0.15, 0.2) is 0 Å². The number of aliphatic hydroxyl groups is 7. The molecule has 0 aromatic carbocycles.